The van der Waals surface area contributed by atoms with Gasteiger partial charge < -0.3 is 15.8 Å². The first-order chi connectivity index (χ1) is 9.08. The van der Waals surface area contributed by atoms with E-state index in [1.54, 1.807) is 18.2 Å². The molecule has 2 rings (SSSR count). The van der Waals surface area contributed by atoms with Crippen LogP contribution in [0.25, 0.3) is 0 Å². The van der Waals surface area contributed by atoms with E-state index in [-0.39, 0.29) is 5.82 Å². The lowest BCUT2D eigenvalue weighted by atomic mass is 10.2. The van der Waals surface area contributed by atoms with Gasteiger partial charge in [0, 0.05) is 29.2 Å². The van der Waals surface area contributed by atoms with Crippen molar-refractivity contribution in [2.45, 2.75) is 13.8 Å². The zero-order valence-electron chi connectivity index (χ0n) is 11.0. The molecule has 0 spiro atoms. The van der Waals surface area contributed by atoms with E-state index in [1.165, 1.54) is 12.1 Å². The number of nitrogen functional groups attached to an aromatic ring is 1. The first-order valence-corrected chi connectivity index (χ1v) is 6.15. The normalized spacial score (nSPS) is 10.3. The molecule has 100 valence electrons. The average molecular weight is 260 g/mol. The van der Waals surface area contributed by atoms with Crippen LogP contribution in [0.2, 0.25) is 0 Å². The lowest BCUT2D eigenvalue weighted by Gasteiger charge is -2.12. The van der Waals surface area contributed by atoms with Crippen LogP contribution in [0, 0.1) is 12.7 Å². The summed E-state index contributed by atoms with van der Waals surface area (Å²) in [6.07, 6.45) is 0. The zero-order valence-corrected chi connectivity index (χ0v) is 11.0. The van der Waals surface area contributed by atoms with Crippen LogP contribution in [0.3, 0.4) is 0 Å². The number of aryl methyl sites for hydroxylation is 1. The molecule has 2 aromatic carbocycles. The topological polar surface area (TPSA) is 47.3 Å². The maximum atomic E-state index is 13.2. The summed E-state index contributed by atoms with van der Waals surface area (Å²) in [6.45, 7) is 4.40. The Kier molecular flexibility index (Phi) is 3.90. The summed E-state index contributed by atoms with van der Waals surface area (Å²) in [5.74, 6) is 0.418. The molecular formula is C15H17FN2O. The summed E-state index contributed by atoms with van der Waals surface area (Å²) in [5.41, 5.74) is 8.87. The van der Waals surface area contributed by atoms with Crippen molar-refractivity contribution in [1.29, 1.82) is 0 Å². The highest BCUT2D eigenvalue weighted by Gasteiger charge is 2.04. The summed E-state index contributed by atoms with van der Waals surface area (Å²) in [7, 11) is 0. The molecule has 0 saturated carbocycles. The van der Waals surface area contributed by atoms with Gasteiger partial charge in [0.2, 0.25) is 0 Å². The first kappa shape index (κ1) is 13.2. The molecule has 0 bridgehead atoms. The minimum absolute atomic E-state index is 0.276. The predicted octanol–water partition coefficient (Wildman–Crippen LogP) is 3.86. The van der Waals surface area contributed by atoms with Gasteiger partial charge >= 0.3 is 0 Å². The van der Waals surface area contributed by atoms with E-state index in [0.717, 1.165) is 11.3 Å². The number of nitrogens with two attached hydrogens (primary N) is 1. The highest BCUT2D eigenvalue weighted by molar-refractivity contribution is 5.68. The molecule has 0 atom stereocenters. The summed E-state index contributed by atoms with van der Waals surface area (Å²) in [4.78, 5) is 0. The number of ether oxygens (including phenoxy) is 1. The van der Waals surface area contributed by atoms with Crippen molar-refractivity contribution < 1.29 is 9.13 Å². The van der Waals surface area contributed by atoms with Gasteiger partial charge in [-0.15, -0.1) is 0 Å². The Hall–Kier alpha value is -2.23. The molecule has 0 aliphatic carbocycles. The molecular weight excluding hydrogens is 243 g/mol. The molecule has 3 N–H and O–H groups in total. The molecule has 0 aliphatic heterocycles. The Morgan fingerprint density at radius 3 is 2.74 bits per heavy atom. The van der Waals surface area contributed by atoms with Gasteiger partial charge in [-0.2, -0.15) is 0 Å². The van der Waals surface area contributed by atoms with Crippen LogP contribution in [-0.2, 0) is 0 Å². The highest BCUT2D eigenvalue weighted by atomic mass is 19.1. The lowest BCUT2D eigenvalue weighted by Crippen LogP contribution is -1.98. The van der Waals surface area contributed by atoms with Gasteiger partial charge in [0.1, 0.15) is 11.6 Å². The Bertz CT molecular complexity index is 584. The molecule has 0 radical (unpaired) electrons. The number of halogens is 1. The van der Waals surface area contributed by atoms with Crippen molar-refractivity contribution in [3.05, 3.63) is 47.8 Å². The SMILES string of the molecule is CCOc1cc(N)cc(Nc2cc(F)ccc2C)c1. The quantitative estimate of drug-likeness (QED) is 0.821. The first-order valence-electron chi connectivity index (χ1n) is 6.15. The van der Waals surface area contributed by atoms with Crippen LogP contribution < -0.4 is 15.8 Å². The Morgan fingerprint density at radius 1 is 1.21 bits per heavy atom. The minimum Gasteiger partial charge on any atom is -0.494 e. The van der Waals surface area contributed by atoms with E-state index in [1.807, 2.05) is 19.9 Å². The van der Waals surface area contributed by atoms with Crippen molar-refractivity contribution in [1.82, 2.24) is 0 Å². The van der Waals surface area contributed by atoms with E-state index in [2.05, 4.69) is 5.32 Å². The largest absolute Gasteiger partial charge is 0.494 e. The van der Waals surface area contributed by atoms with Crippen molar-refractivity contribution >= 4 is 17.1 Å². The fourth-order valence-corrected chi connectivity index (χ4v) is 1.83. The maximum Gasteiger partial charge on any atom is 0.125 e. The Morgan fingerprint density at radius 2 is 2.00 bits per heavy atom. The molecule has 3 nitrogen and oxygen atoms in total. The third-order valence-corrected chi connectivity index (χ3v) is 2.72. The third-order valence-electron chi connectivity index (χ3n) is 2.72. The van der Waals surface area contributed by atoms with Gasteiger partial charge in [-0.3, -0.25) is 0 Å². The van der Waals surface area contributed by atoms with Crippen molar-refractivity contribution in [2.24, 2.45) is 0 Å². The average Bonchev–Trinajstić information content (AvgIpc) is 2.33. The number of rotatable bonds is 4. The molecule has 2 aromatic rings. The summed E-state index contributed by atoms with van der Waals surface area (Å²) in [5, 5.41) is 3.15. The molecule has 0 heterocycles. The van der Waals surface area contributed by atoms with Crippen LogP contribution in [0.1, 0.15) is 12.5 Å². The van der Waals surface area contributed by atoms with Gasteiger partial charge in [-0.1, -0.05) is 6.07 Å². The van der Waals surface area contributed by atoms with Gasteiger partial charge in [0.25, 0.3) is 0 Å². The Labute approximate surface area is 112 Å². The number of anilines is 3. The number of nitrogens with one attached hydrogen (secondary N) is 1. The molecule has 0 unspecified atom stereocenters. The monoisotopic (exact) mass is 260 g/mol. The van der Waals surface area contributed by atoms with Gasteiger partial charge in [0.05, 0.1) is 6.61 Å². The van der Waals surface area contributed by atoms with E-state index >= 15 is 0 Å². The van der Waals surface area contributed by atoms with E-state index < -0.39 is 0 Å². The van der Waals surface area contributed by atoms with Crippen LogP contribution in [-0.4, -0.2) is 6.61 Å². The molecule has 0 amide bonds. The minimum atomic E-state index is -0.276. The van der Waals surface area contributed by atoms with Crippen LogP contribution in [0.4, 0.5) is 21.5 Å². The second-order valence-electron chi connectivity index (χ2n) is 4.31. The number of benzene rings is 2. The fraction of sp³-hybridized carbons (Fsp3) is 0.200. The van der Waals surface area contributed by atoms with Gasteiger partial charge in [0.15, 0.2) is 0 Å². The molecule has 0 saturated heterocycles. The van der Waals surface area contributed by atoms with Crippen molar-refractivity contribution in [3.8, 4) is 5.75 Å². The lowest BCUT2D eigenvalue weighted by molar-refractivity contribution is 0.340. The third kappa shape index (κ3) is 3.37. The van der Waals surface area contributed by atoms with E-state index in [4.69, 9.17) is 10.5 Å². The molecule has 19 heavy (non-hydrogen) atoms. The summed E-state index contributed by atoms with van der Waals surface area (Å²) in [6, 6.07) is 10.0. The van der Waals surface area contributed by atoms with Crippen LogP contribution in [0.5, 0.6) is 5.75 Å². The zero-order chi connectivity index (χ0) is 13.8. The predicted molar refractivity (Wildman–Crippen MR) is 76.4 cm³/mol. The van der Waals surface area contributed by atoms with E-state index in [9.17, 15) is 4.39 Å². The summed E-state index contributed by atoms with van der Waals surface area (Å²) < 4.78 is 18.7. The second-order valence-corrected chi connectivity index (χ2v) is 4.31. The summed E-state index contributed by atoms with van der Waals surface area (Å²) >= 11 is 0. The second kappa shape index (κ2) is 5.61. The molecule has 0 aliphatic rings. The number of hydrogen-bond acceptors (Lipinski definition) is 3. The molecule has 0 aromatic heterocycles. The number of hydrogen-bond donors (Lipinski definition) is 2. The van der Waals surface area contributed by atoms with E-state index in [0.29, 0.717) is 23.7 Å². The smallest absolute Gasteiger partial charge is 0.125 e. The maximum absolute atomic E-state index is 13.2. The van der Waals surface area contributed by atoms with Crippen molar-refractivity contribution in [2.75, 3.05) is 17.7 Å². The van der Waals surface area contributed by atoms with Crippen LogP contribution >= 0.6 is 0 Å². The van der Waals surface area contributed by atoms with Crippen LogP contribution in [0.15, 0.2) is 36.4 Å². The fourth-order valence-electron chi connectivity index (χ4n) is 1.83. The van der Waals surface area contributed by atoms with Gasteiger partial charge in [-0.25, -0.2) is 4.39 Å². The Balaban J connectivity index is 2.29. The van der Waals surface area contributed by atoms with Crippen molar-refractivity contribution in [3.63, 3.8) is 0 Å². The molecule has 4 heteroatoms. The highest BCUT2D eigenvalue weighted by Crippen LogP contribution is 2.27. The molecule has 0 fully saturated rings. The van der Waals surface area contributed by atoms with Gasteiger partial charge in [-0.05, 0) is 37.6 Å². The standard InChI is InChI=1S/C15H17FN2O/c1-3-19-14-8-12(17)7-13(9-14)18-15-6-11(16)5-4-10(15)2/h4-9,18H,3,17H2,1-2H3.